The van der Waals surface area contributed by atoms with E-state index >= 15 is 0 Å². The van der Waals surface area contributed by atoms with Crippen LogP contribution in [0.25, 0.3) is 0 Å². The Morgan fingerprint density at radius 1 is 1.25 bits per heavy atom. The lowest BCUT2D eigenvalue weighted by Crippen LogP contribution is -2.29. The number of thiazole rings is 1. The number of likely N-dealkylation sites (tertiary alicyclic amines) is 1. The van der Waals surface area contributed by atoms with Crippen LogP contribution < -0.4 is 5.32 Å². The molecule has 6 heteroatoms. The minimum absolute atomic E-state index is 0.000512. The van der Waals surface area contributed by atoms with E-state index in [0.717, 1.165) is 30.2 Å². The van der Waals surface area contributed by atoms with Crippen molar-refractivity contribution in [3.05, 3.63) is 40.9 Å². The number of aryl methyl sites for hydroxylation is 1. The quantitative estimate of drug-likeness (QED) is 0.785. The van der Waals surface area contributed by atoms with Crippen LogP contribution in [0.1, 0.15) is 30.5 Å². The number of nitrogens with one attached hydrogen (secondary N) is 1. The van der Waals surface area contributed by atoms with E-state index in [1.54, 1.807) is 11.8 Å². The van der Waals surface area contributed by atoms with Crippen LogP contribution in [0.3, 0.4) is 0 Å². The highest BCUT2D eigenvalue weighted by atomic mass is 32.2. The van der Waals surface area contributed by atoms with Gasteiger partial charge in [-0.05, 0) is 45.0 Å². The van der Waals surface area contributed by atoms with E-state index in [0.29, 0.717) is 10.9 Å². The zero-order chi connectivity index (χ0) is 16.8. The Balaban J connectivity index is 1.45. The molecule has 24 heavy (non-hydrogen) atoms. The van der Waals surface area contributed by atoms with Gasteiger partial charge in [0.1, 0.15) is 0 Å². The predicted octanol–water partition coefficient (Wildman–Crippen LogP) is 4.17. The van der Waals surface area contributed by atoms with Gasteiger partial charge < -0.3 is 5.32 Å². The number of rotatable bonds is 6. The molecular weight excluding hydrogens is 338 g/mol. The summed E-state index contributed by atoms with van der Waals surface area (Å²) in [7, 11) is 0. The number of carbonyl (C=O) groups excluding carboxylic acids is 1. The Labute approximate surface area is 151 Å². The van der Waals surface area contributed by atoms with Crippen LogP contribution in [0.5, 0.6) is 0 Å². The van der Waals surface area contributed by atoms with Crippen molar-refractivity contribution < 1.29 is 4.79 Å². The van der Waals surface area contributed by atoms with Crippen LogP contribution in [0, 0.1) is 6.92 Å². The average molecular weight is 362 g/mol. The zero-order valence-electron chi connectivity index (χ0n) is 14.0. The molecule has 1 N–H and O–H groups in total. The van der Waals surface area contributed by atoms with Crippen LogP contribution >= 0.6 is 23.1 Å². The average Bonchev–Trinajstić information content (AvgIpc) is 3.02. The molecule has 0 saturated carbocycles. The second-order valence-electron chi connectivity index (χ2n) is 6.13. The van der Waals surface area contributed by atoms with Crippen LogP contribution in [-0.4, -0.2) is 34.6 Å². The maximum Gasteiger partial charge on any atom is 0.236 e. The highest BCUT2D eigenvalue weighted by Gasteiger charge is 2.13. The van der Waals surface area contributed by atoms with Gasteiger partial charge in [0.05, 0.1) is 11.4 Å². The molecule has 0 aliphatic carbocycles. The van der Waals surface area contributed by atoms with Gasteiger partial charge in [0.2, 0.25) is 5.91 Å². The van der Waals surface area contributed by atoms with Gasteiger partial charge in [-0.25, -0.2) is 4.98 Å². The summed E-state index contributed by atoms with van der Waals surface area (Å²) in [5.74, 6) is 0.406. The molecule has 2 heterocycles. The fraction of sp³-hybridized carbons (Fsp3) is 0.444. The molecule has 1 amide bonds. The number of thioether (sulfide) groups is 1. The van der Waals surface area contributed by atoms with Gasteiger partial charge in [0.25, 0.3) is 0 Å². The first-order valence-electron chi connectivity index (χ1n) is 8.35. The smallest absolute Gasteiger partial charge is 0.236 e. The van der Waals surface area contributed by atoms with E-state index in [9.17, 15) is 4.79 Å². The van der Waals surface area contributed by atoms with Gasteiger partial charge in [-0.15, -0.1) is 23.1 Å². The van der Waals surface area contributed by atoms with E-state index in [1.165, 1.54) is 36.2 Å². The molecule has 3 rings (SSSR count). The molecular formula is C18H23N3OS2. The van der Waals surface area contributed by atoms with E-state index in [1.807, 2.05) is 12.1 Å². The number of hydrogen-bond acceptors (Lipinski definition) is 5. The molecule has 4 nitrogen and oxygen atoms in total. The summed E-state index contributed by atoms with van der Waals surface area (Å²) in [6.07, 6.45) is 3.90. The highest BCUT2D eigenvalue weighted by molar-refractivity contribution is 8.00. The van der Waals surface area contributed by atoms with Gasteiger partial charge in [-0.3, -0.25) is 9.69 Å². The number of aromatic nitrogens is 1. The molecule has 0 atom stereocenters. The minimum Gasteiger partial charge on any atom is -0.301 e. The lowest BCUT2D eigenvalue weighted by Gasteiger charge is -2.25. The van der Waals surface area contributed by atoms with E-state index in [-0.39, 0.29) is 5.91 Å². The maximum atomic E-state index is 12.1. The summed E-state index contributed by atoms with van der Waals surface area (Å²) in [5, 5.41) is 5.67. The molecule has 0 unspecified atom stereocenters. The third-order valence-electron chi connectivity index (χ3n) is 4.02. The summed E-state index contributed by atoms with van der Waals surface area (Å²) < 4.78 is 0. The van der Waals surface area contributed by atoms with Crippen molar-refractivity contribution >= 4 is 34.1 Å². The molecule has 1 aliphatic rings. The molecule has 1 aromatic heterocycles. The molecule has 2 aromatic rings. The molecule has 0 radical (unpaired) electrons. The van der Waals surface area contributed by atoms with Crippen LogP contribution in [-0.2, 0) is 11.3 Å². The molecule has 1 aromatic carbocycles. The Hall–Kier alpha value is -1.37. The molecule has 0 bridgehead atoms. The van der Waals surface area contributed by atoms with Crippen molar-refractivity contribution in [2.24, 2.45) is 0 Å². The summed E-state index contributed by atoms with van der Waals surface area (Å²) in [6.45, 7) is 5.27. The number of amides is 1. The summed E-state index contributed by atoms with van der Waals surface area (Å²) in [5.41, 5.74) is 2.29. The molecule has 0 spiro atoms. The van der Waals surface area contributed by atoms with E-state index in [4.69, 9.17) is 0 Å². The monoisotopic (exact) mass is 361 g/mol. The van der Waals surface area contributed by atoms with Crippen molar-refractivity contribution in [1.29, 1.82) is 0 Å². The van der Waals surface area contributed by atoms with Crippen LogP contribution in [0.4, 0.5) is 5.13 Å². The van der Waals surface area contributed by atoms with E-state index < -0.39 is 0 Å². The molecule has 1 fully saturated rings. The predicted molar refractivity (Wildman–Crippen MR) is 102 cm³/mol. The SMILES string of the molecule is Cc1ccc(SCC(=O)Nc2nc(CN3CCCCC3)cs2)cc1. The third kappa shape index (κ3) is 5.33. The van der Waals surface area contributed by atoms with Gasteiger partial charge in [0, 0.05) is 16.8 Å². The maximum absolute atomic E-state index is 12.1. The van der Waals surface area contributed by atoms with Gasteiger partial charge in [-0.2, -0.15) is 0 Å². The van der Waals surface area contributed by atoms with Crippen molar-refractivity contribution in [3.8, 4) is 0 Å². The Morgan fingerprint density at radius 2 is 2.00 bits per heavy atom. The lowest BCUT2D eigenvalue weighted by atomic mass is 10.1. The van der Waals surface area contributed by atoms with Gasteiger partial charge >= 0.3 is 0 Å². The number of nitrogens with zero attached hydrogens (tertiary/aromatic N) is 2. The topological polar surface area (TPSA) is 45.2 Å². The largest absolute Gasteiger partial charge is 0.301 e. The van der Waals surface area contributed by atoms with Crippen molar-refractivity contribution in [2.45, 2.75) is 37.6 Å². The number of piperidine rings is 1. The third-order valence-corrected chi connectivity index (χ3v) is 5.84. The van der Waals surface area contributed by atoms with Crippen molar-refractivity contribution in [2.75, 3.05) is 24.2 Å². The first-order valence-corrected chi connectivity index (χ1v) is 10.2. The normalized spacial score (nSPS) is 15.4. The van der Waals surface area contributed by atoms with Crippen molar-refractivity contribution in [3.63, 3.8) is 0 Å². The first kappa shape index (κ1) is 17.5. The van der Waals surface area contributed by atoms with Crippen molar-refractivity contribution in [1.82, 2.24) is 9.88 Å². The van der Waals surface area contributed by atoms with Gasteiger partial charge in [-0.1, -0.05) is 24.1 Å². The Morgan fingerprint density at radius 3 is 2.75 bits per heavy atom. The molecule has 1 aliphatic heterocycles. The summed E-state index contributed by atoms with van der Waals surface area (Å²) in [6, 6.07) is 8.22. The second kappa shape index (κ2) is 8.65. The minimum atomic E-state index is -0.000512. The Bertz CT molecular complexity index is 663. The first-order chi connectivity index (χ1) is 11.7. The standard InChI is InChI=1S/C18H23N3OS2/c1-14-5-7-16(8-6-14)23-13-17(22)20-18-19-15(12-24-18)11-21-9-3-2-4-10-21/h5-8,12H,2-4,9-11,13H2,1H3,(H,19,20,22). The lowest BCUT2D eigenvalue weighted by molar-refractivity contribution is -0.113. The number of carbonyl (C=O) groups is 1. The van der Waals surface area contributed by atoms with Crippen LogP contribution in [0.15, 0.2) is 34.5 Å². The Kier molecular flexibility index (Phi) is 6.29. The van der Waals surface area contributed by atoms with Gasteiger partial charge in [0.15, 0.2) is 5.13 Å². The number of benzene rings is 1. The number of anilines is 1. The molecule has 1 saturated heterocycles. The zero-order valence-corrected chi connectivity index (χ0v) is 15.6. The fourth-order valence-electron chi connectivity index (χ4n) is 2.72. The van der Waals surface area contributed by atoms with Crippen LogP contribution in [0.2, 0.25) is 0 Å². The summed E-state index contributed by atoms with van der Waals surface area (Å²) >= 11 is 3.06. The summed E-state index contributed by atoms with van der Waals surface area (Å²) in [4.78, 5) is 20.2. The second-order valence-corrected chi connectivity index (χ2v) is 8.04. The number of hydrogen-bond donors (Lipinski definition) is 1. The highest BCUT2D eigenvalue weighted by Crippen LogP contribution is 2.21. The fourth-order valence-corrected chi connectivity index (χ4v) is 4.14. The van der Waals surface area contributed by atoms with E-state index in [2.05, 4.69) is 39.6 Å². The molecule has 128 valence electrons.